The molecule has 0 aliphatic carbocycles. The molecule has 6 heteroatoms. The first-order valence-corrected chi connectivity index (χ1v) is 15.7. The third kappa shape index (κ3) is 5.40. The van der Waals surface area contributed by atoms with Crippen LogP contribution in [-0.4, -0.2) is 21.6 Å². The molecule has 2 unspecified atom stereocenters. The number of nitrogens with zero attached hydrogens (tertiary/aromatic N) is 4. The maximum Gasteiger partial charge on any atom is 0.259 e. The molecular weight excluding hydrogens is 568 g/mol. The fourth-order valence-corrected chi connectivity index (χ4v) is 6.75. The van der Waals surface area contributed by atoms with Crippen molar-refractivity contribution in [1.29, 1.82) is 10.5 Å². The number of nitriles is 2. The monoisotopic (exact) mass is 602 g/mol. The Morgan fingerprint density at radius 3 is 1.28 bits per heavy atom. The van der Waals surface area contributed by atoms with Crippen molar-refractivity contribution >= 4 is 24.0 Å². The van der Waals surface area contributed by atoms with Crippen LogP contribution >= 0.6 is 0 Å². The SMILES string of the molecule is N#CC1(CCCCCCC2(C#N)c3ccccc3C=CN2C(=O)c2ccccc2)c2ccccc2C=CN1C(=O)c1ccccc1. The van der Waals surface area contributed by atoms with Crippen LogP contribution in [0.3, 0.4) is 0 Å². The fraction of sp³-hybridized carbons (Fsp3) is 0.200. The van der Waals surface area contributed by atoms with Gasteiger partial charge in [-0.25, -0.2) is 0 Å². The van der Waals surface area contributed by atoms with Crippen molar-refractivity contribution in [3.05, 3.63) is 155 Å². The number of amides is 2. The lowest BCUT2D eigenvalue weighted by atomic mass is 9.78. The second-order valence-electron chi connectivity index (χ2n) is 11.7. The smallest absolute Gasteiger partial charge is 0.259 e. The summed E-state index contributed by atoms with van der Waals surface area (Å²) in [6.45, 7) is 0. The molecular formula is C40H34N4O2. The number of carbonyl (C=O) groups excluding carboxylic acids is 2. The summed E-state index contributed by atoms with van der Waals surface area (Å²) < 4.78 is 0. The zero-order valence-electron chi connectivity index (χ0n) is 25.5. The normalized spacial score (nSPS) is 19.4. The van der Waals surface area contributed by atoms with Crippen molar-refractivity contribution in [1.82, 2.24) is 9.80 Å². The highest BCUT2D eigenvalue weighted by molar-refractivity contribution is 5.97. The number of benzene rings is 4. The summed E-state index contributed by atoms with van der Waals surface area (Å²) in [5.41, 5.74) is 2.31. The molecule has 46 heavy (non-hydrogen) atoms. The molecule has 0 fully saturated rings. The molecule has 0 radical (unpaired) electrons. The zero-order valence-corrected chi connectivity index (χ0v) is 25.5. The summed E-state index contributed by atoms with van der Waals surface area (Å²) in [7, 11) is 0. The van der Waals surface area contributed by atoms with Crippen molar-refractivity contribution in [3.63, 3.8) is 0 Å². The molecule has 6 nitrogen and oxygen atoms in total. The van der Waals surface area contributed by atoms with Crippen LogP contribution in [0.4, 0.5) is 0 Å². The molecule has 2 amide bonds. The zero-order chi connectivity index (χ0) is 32.0. The van der Waals surface area contributed by atoms with E-state index in [2.05, 4.69) is 12.1 Å². The quantitative estimate of drug-likeness (QED) is 0.180. The summed E-state index contributed by atoms with van der Waals surface area (Å²) in [6, 6.07) is 38.7. The van der Waals surface area contributed by atoms with Crippen LogP contribution in [0.5, 0.6) is 0 Å². The van der Waals surface area contributed by atoms with Gasteiger partial charge in [0.2, 0.25) is 0 Å². The van der Waals surface area contributed by atoms with Crippen LogP contribution in [0.25, 0.3) is 12.2 Å². The van der Waals surface area contributed by atoms with Crippen molar-refractivity contribution in [2.75, 3.05) is 0 Å². The van der Waals surface area contributed by atoms with Crippen LogP contribution in [0.2, 0.25) is 0 Å². The van der Waals surface area contributed by atoms with Gasteiger partial charge in [0, 0.05) is 23.5 Å². The summed E-state index contributed by atoms with van der Waals surface area (Å²) >= 11 is 0. The largest absolute Gasteiger partial charge is 0.292 e. The molecule has 0 N–H and O–H groups in total. The molecule has 0 aromatic heterocycles. The van der Waals surface area contributed by atoms with E-state index in [1.165, 1.54) is 0 Å². The van der Waals surface area contributed by atoms with Gasteiger partial charge in [0.15, 0.2) is 11.1 Å². The van der Waals surface area contributed by atoms with Crippen LogP contribution in [-0.2, 0) is 11.1 Å². The third-order valence-electron chi connectivity index (χ3n) is 9.12. The maximum atomic E-state index is 13.7. The standard InChI is InChI=1S/C40H34N4O2/c41-29-39(35-21-11-9-15-31(35)23-27-43(39)37(45)33-17-5-3-6-18-33)25-13-1-2-14-26-40(30-42)36-22-12-10-16-32(36)24-28-44(40)38(46)34-19-7-4-8-20-34/h3-12,15-24,27-28H,1-2,13-14,25-26H2. The minimum atomic E-state index is -1.14. The van der Waals surface area contributed by atoms with Gasteiger partial charge >= 0.3 is 0 Å². The van der Waals surface area contributed by atoms with Gasteiger partial charge in [-0.2, -0.15) is 10.5 Å². The van der Waals surface area contributed by atoms with Crippen molar-refractivity contribution < 1.29 is 9.59 Å². The number of carbonyl (C=O) groups is 2. The number of unbranched alkanes of at least 4 members (excludes halogenated alkanes) is 3. The first-order chi connectivity index (χ1) is 22.5. The van der Waals surface area contributed by atoms with E-state index in [9.17, 15) is 20.1 Å². The first-order valence-electron chi connectivity index (χ1n) is 15.7. The van der Waals surface area contributed by atoms with Gasteiger partial charge in [-0.05, 0) is 84.4 Å². The molecule has 2 atom stereocenters. The Hall–Kier alpha value is -5.72. The molecule has 226 valence electrons. The predicted octanol–water partition coefficient (Wildman–Crippen LogP) is 8.42. The highest BCUT2D eigenvalue weighted by atomic mass is 16.2. The van der Waals surface area contributed by atoms with Gasteiger partial charge < -0.3 is 0 Å². The summed E-state index contributed by atoms with van der Waals surface area (Å²) in [5.74, 6) is -0.424. The van der Waals surface area contributed by atoms with E-state index in [0.717, 1.165) is 35.1 Å². The average molecular weight is 603 g/mol. The highest BCUT2D eigenvalue weighted by Crippen LogP contribution is 2.43. The lowest BCUT2D eigenvalue weighted by Gasteiger charge is -2.41. The Balaban J connectivity index is 1.19. The van der Waals surface area contributed by atoms with Gasteiger partial charge in [0.1, 0.15) is 0 Å². The highest BCUT2D eigenvalue weighted by Gasteiger charge is 2.45. The minimum absolute atomic E-state index is 0.212. The molecule has 4 aromatic rings. The lowest BCUT2D eigenvalue weighted by molar-refractivity contribution is 0.0668. The van der Waals surface area contributed by atoms with Gasteiger partial charge in [-0.1, -0.05) is 97.8 Å². The number of fused-ring (bicyclic) bond motifs is 2. The first kappa shape index (κ1) is 30.3. The van der Waals surface area contributed by atoms with Crippen LogP contribution < -0.4 is 0 Å². The Morgan fingerprint density at radius 1 is 0.522 bits per heavy atom. The van der Waals surface area contributed by atoms with E-state index < -0.39 is 11.1 Å². The second-order valence-corrected chi connectivity index (χ2v) is 11.7. The van der Waals surface area contributed by atoms with Crippen LogP contribution in [0.1, 0.15) is 81.5 Å². The van der Waals surface area contributed by atoms with Crippen molar-refractivity contribution in [3.8, 4) is 12.1 Å². The average Bonchev–Trinajstić information content (AvgIpc) is 3.13. The second kappa shape index (κ2) is 13.1. The van der Waals surface area contributed by atoms with Gasteiger partial charge in [-0.3, -0.25) is 19.4 Å². The molecule has 0 bridgehead atoms. The molecule has 0 saturated heterocycles. The van der Waals surface area contributed by atoms with Crippen LogP contribution in [0, 0.1) is 22.7 Å². The van der Waals surface area contributed by atoms with Crippen molar-refractivity contribution in [2.45, 2.75) is 49.6 Å². The van der Waals surface area contributed by atoms with Crippen LogP contribution in [0.15, 0.2) is 122 Å². The molecule has 6 rings (SSSR count). The van der Waals surface area contributed by atoms with E-state index in [1.807, 2.05) is 97.1 Å². The summed E-state index contributed by atoms with van der Waals surface area (Å²) in [4.78, 5) is 30.6. The van der Waals surface area contributed by atoms with E-state index >= 15 is 0 Å². The Morgan fingerprint density at radius 2 is 0.891 bits per heavy atom. The number of hydrogen-bond acceptors (Lipinski definition) is 4. The summed E-state index contributed by atoms with van der Waals surface area (Å²) in [5, 5.41) is 21.4. The van der Waals surface area contributed by atoms with Gasteiger partial charge in [0.05, 0.1) is 12.1 Å². The number of rotatable bonds is 9. The molecule has 0 spiro atoms. The van der Waals surface area contributed by atoms with E-state index in [-0.39, 0.29) is 11.8 Å². The Bertz CT molecular complexity index is 1750. The minimum Gasteiger partial charge on any atom is -0.292 e. The van der Waals surface area contributed by atoms with E-state index in [0.29, 0.717) is 36.8 Å². The fourth-order valence-electron chi connectivity index (χ4n) is 6.75. The van der Waals surface area contributed by atoms with E-state index in [1.54, 1.807) is 46.5 Å². The molecule has 2 heterocycles. The molecule has 4 aromatic carbocycles. The summed E-state index contributed by atoms with van der Waals surface area (Å²) in [6.07, 6.45) is 11.2. The van der Waals surface area contributed by atoms with E-state index in [4.69, 9.17) is 0 Å². The third-order valence-corrected chi connectivity index (χ3v) is 9.12. The molecule has 0 saturated carbocycles. The number of hydrogen-bond donors (Lipinski definition) is 0. The molecule has 2 aliphatic heterocycles. The topological polar surface area (TPSA) is 88.2 Å². The Labute approximate surface area is 270 Å². The predicted molar refractivity (Wildman–Crippen MR) is 178 cm³/mol. The van der Waals surface area contributed by atoms with Crippen molar-refractivity contribution in [2.24, 2.45) is 0 Å². The van der Waals surface area contributed by atoms with Gasteiger partial charge in [-0.15, -0.1) is 0 Å². The lowest BCUT2D eigenvalue weighted by Crippen LogP contribution is -2.47. The van der Waals surface area contributed by atoms with Gasteiger partial charge in [0.25, 0.3) is 11.8 Å². The maximum absolute atomic E-state index is 13.7. The Kier molecular flexibility index (Phi) is 8.63. The molecule has 2 aliphatic rings.